The number of carboxylic acid groups (broad SMARTS) is 1. The molecule has 0 radical (unpaired) electrons. The quantitative estimate of drug-likeness (QED) is 0.190. The molecule has 0 aliphatic carbocycles. The highest BCUT2D eigenvalue weighted by atomic mass is 16.4. The van der Waals surface area contributed by atoms with Gasteiger partial charge in [-0.2, -0.15) is 0 Å². The smallest absolute Gasteiger partial charge is 0.306 e. The highest BCUT2D eigenvalue weighted by Crippen LogP contribution is 2.19. The topological polar surface area (TPSA) is 37.3 Å². The van der Waals surface area contributed by atoms with E-state index in [1.165, 1.54) is 109 Å². The number of aliphatic carboxylic acids is 1. The van der Waals surface area contributed by atoms with Gasteiger partial charge in [0.25, 0.3) is 0 Å². The van der Waals surface area contributed by atoms with Crippen molar-refractivity contribution in [3.63, 3.8) is 0 Å². The maximum Gasteiger partial charge on any atom is 0.306 e. The molecule has 0 aromatic heterocycles. The minimum Gasteiger partial charge on any atom is -0.481 e. The standard InChI is InChI=1S/C25H50O2/c1-3-5-7-9-10-11-12-13-14-15-16-17-18-19-21-23-24(25(26)27)22-20-8-6-4-2/h24H,3-23H2,1-2H3,(H,26,27). The lowest BCUT2D eigenvalue weighted by Gasteiger charge is -2.12. The van der Waals surface area contributed by atoms with Crippen LogP contribution in [-0.2, 0) is 4.79 Å². The Hall–Kier alpha value is -0.530. The minimum atomic E-state index is -0.572. The molecule has 162 valence electrons. The highest BCUT2D eigenvalue weighted by Gasteiger charge is 2.16. The van der Waals surface area contributed by atoms with Crippen LogP contribution in [0.5, 0.6) is 0 Å². The molecule has 1 N–H and O–H groups in total. The van der Waals surface area contributed by atoms with Crippen LogP contribution in [0.4, 0.5) is 0 Å². The van der Waals surface area contributed by atoms with Crippen LogP contribution in [-0.4, -0.2) is 11.1 Å². The normalized spacial score (nSPS) is 12.4. The first kappa shape index (κ1) is 26.5. The molecule has 0 saturated heterocycles. The Labute approximate surface area is 170 Å². The molecular weight excluding hydrogens is 332 g/mol. The number of carbonyl (C=O) groups is 1. The second-order valence-electron chi connectivity index (χ2n) is 8.62. The largest absolute Gasteiger partial charge is 0.481 e. The van der Waals surface area contributed by atoms with E-state index in [0.717, 1.165) is 25.7 Å². The van der Waals surface area contributed by atoms with E-state index in [1.54, 1.807) is 0 Å². The molecule has 2 nitrogen and oxygen atoms in total. The fourth-order valence-corrected chi connectivity index (χ4v) is 3.97. The van der Waals surface area contributed by atoms with Gasteiger partial charge in [-0.25, -0.2) is 0 Å². The van der Waals surface area contributed by atoms with Gasteiger partial charge in [0.05, 0.1) is 5.92 Å². The molecule has 0 aliphatic rings. The van der Waals surface area contributed by atoms with Crippen LogP contribution in [0.1, 0.15) is 149 Å². The van der Waals surface area contributed by atoms with Gasteiger partial charge >= 0.3 is 5.97 Å². The zero-order valence-electron chi connectivity index (χ0n) is 18.8. The number of hydrogen-bond donors (Lipinski definition) is 1. The van der Waals surface area contributed by atoms with Crippen molar-refractivity contribution in [2.24, 2.45) is 5.92 Å². The van der Waals surface area contributed by atoms with Gasteiger partial charge in [-0.3, -0.25) is 4.79 Å². The van der Waals surface area contributed by atoms with E-state index in [9.17, 15) is 9.90 Å². The summed E-state index contributed by atoms with van der Waals surface area (Å²) in [4.78, 5) is 11.3. The van der Waals surface area contributed by atoms with Gasteiger partial charge in [-0.05, 0) is 12.8 Å². The predicted molar refractivity (Wildman–Crippen MR) is 119 cm³/mol. The molecule has 1 unspecified atom stereocenters. The average molecular weight is 383 g/mol. The van der Waals surface area contributed by atoms with Crippen molar-refractivity contribution in [1.82, 2.24) is 0 Å². The fraction of sp³-hybridized carbons (Fsp3) is 0.960. The zero-order valence-corrected chi connectivity index (χ0v) is 18.8. The molecule has 0 rings (SSSR count). The number of rotatable bonds is 22. The molecule has 0 fully saturated rings. The van der Waals surface area contributed by atoms with Crippen molar-refractivity contribution >= 4 is 5.97 Å². The maximum atomic E-state index is 11.3. The lowest BCUT2D eigenvalue weighted by atomic mass is 9.94. The molecule has 2 heteroatoms. The first-order valence-corrected chi connectivity index (χ1v) is 12.4. The number of carboxylic acids is 1. The van der Waals surface area contributed by atoms with E-state index in [4.69, 9.17) is 0 Å². The third-order valence-electron chi connectivity index (χ3n) is 5.91. The summed E-state index contributed by atoms with van der Waals surface area (Å²) in [5.41, 5.74) is 0. The molecule has 0 spiro atoms. The summed E-state index contributed by atoms with van der Waals surface area (Å²) in [6.45, 7) is 4.48. The van der Waals surface area contributed by atoms with E-state index < -0.39 is 5.97 Å². The molecule has 0 aromatic carbocycles. The first-order chi connectivity index (χ1) is 13.2. The van der Waals surface area contributed by atoms with Crippen LogP contribution in [0, 0.1) is 5.92 Å². The number of hydrogen-bond acceptors (Lipinski definition) is 1. The van der Waals surface area contributed by atoms with Crippen LogP contribution in [0.15, 0.2) is 0 Å². The first-order valence-electron chi connectivity index (χ1n) is 12.4. The minimum absolute atomic E-state index is 0.0937. The van der Waals surface area contributed by atoms with Crippen LogP contribution < -0.4 is 0 Å². The second-order valence-corrected chi connectivity index (χ2v) is 8.62. The zero-order chi connectivity index (χ0) is 20.0. The van der Waals surface area contributed by atoms with E-state index in [2.05, 4.69) is 13.8 Å². The Balaban J connectivity index is 3.31. The molecular formula is C25H50O2. The fourth-order valence-electron chi connectivity index (χ4n) is 3.97. The van der Waals surface area contributed by atoms with Gasteiger partial charge in [-0.1, -0.05) is 136 Å². The summed E-state index contributed by atoms with van der Waals surface area (Å²) in [6.07, 6.45) is 27.0. The van der Waals surface area contributed by atoms with E-state index in [-0.39, 0.29) is 5.92 Å². The van der Waals surface area contributed by atoms with E-state index >= 15 is 0 Å². The lowest BCUT2D eigenvalue weighted by Crippen LogP contribution is -2.13. The van der Waals surface area contributed by atoms with Crippen molar-refractivity contribution in [2.75, 3.05) is 0 Å². The Kier molecular flexibility index (Phi) is 21.3. The lowest BCUT2D eigenvalue weighted by molar-refractivity contribution is -0.142. The molecule has 1 atom stereocenters. The predicted octanol–water partition coefficient (Wildman–Crippen LogP) is 8.92. The van der Waals surface area contributed by atoms with Gasteiger partial charge in [0, 0.05) is 0 Å². The van der Waals surface area contributed by atoms with Gasteiger partial charge in [0.1, 0.15) is 0 Å². The Morgan fingerprint density at radius 1 is 0.519 bits per heavy atom. The van der Waals surface area contributed by atoms with E-state index in [0.29, 0.717) is 0 Å². The van der Waals surface area contributed by atoms with Gasteiger partial charge in [0.2, 0.25) is 0 Å². The van der Waals surface area contributed by atoms with E-state index in [1.807, 2.05) is 0 Å². The van der Waals surface area contributed by atoms with Gasteiger partial charge in [-0.15, -0.1) is 0 Å². The molecule has 0 heterocycles. The molecule has 0 bridgehead atoms. The van der Waals surface area contributed by atoms with Crippen LogP contribution in [0.25, 0.3) is 0 Å². The highest BCUT2D eigenvalue weighted by molar-refractivity contribution is 5.69. The van der Waals surface area contributed by atoms with Gasteiger partial charge < -0.3 is 5.11 Å². The monoisotopic (exact) mass is 382 g/mol. The van der Waals surface area contributed by atoms with Crippen LogP contribution in [0.2, 0.25) is 0 Å². The molecule has 0 aromatic rings. The molecule has 0 aliphatic heterocycles. The molecule has 27 heavy (non-hydrogen) atoms. The summed E-state index contributed by atoms with van der Waals surface area (Å²) >= 11 is 0. The van der Waals surface area contributed by atoms with Gasteiger partial charge in [0.15, 0.2) is 0 Å². The third-order valence-corrected chi connectivity index (χ3v) is 5.91. The summed E-state index contributed by atoms with van der Waals surface area (Å²) in [5.74, 6) is -0.666. The van der Waals surface area contributed by atoms with Crippen molar-refractivity contribution in [3.8, 4) is 0 Å². The summed E-state index contributed by atoms with van der Waals surface area (Å²) < 4.78 is 0. The second kappa shape index (κ2) is 21.8. The average Bonchev–Trinajstić information content (AvgIpc) is 2.66. The maximum absolute atomic E-state index is 11.3. The Bertz CT molecular complexity index is 301. The Morgan fingerprint density at radius 3 is 1.07 bits per heavy atom. The molecule has 0 saturated carbocycles. The van der Waals surface area contributed by atoms with Crippen molar-refractivity contribution < 1.29 is 9.90 Å². The summed E-state index contributed by atoms with van der Waals surface area (Å²) in [6, 6.07) is 0. The van der Waals surface area contributed by atoms with Crippen LogP contribution >= 0.6 is 0 Å². The third kappa shape index (κ3) is 20.0. The molecule has 0 amide bonds. The van der Waals surface area contributed by atoms with Crippen molar-refractivity contribution in [1.29, 1.82) is 0 Å². The summed E-state index contributed by atoms with van der Waals surface area (Å²) in [5, 5.41) is 9.35. The Morgan fingerprint density at radius 2 is 0.778 bits per heavy atom. The van der Waals surface area contributed by atoms with Crippen LogP contribution in [0.3, 0.4) is 0 Å². The number of unbranched alkanes of at least 4 members (excludes halogenated alkanes) is 17. The van der Waals surface area contributed by atoms with Crippen molar-refractivity contribution in [3.05, 3.63) is 0 Å². The van der Waals surface area contributed by atoms with Crippen molar-refractivity contribution in [2.45, 2.75) is 149 Å². The SMILES string of the molecule is CCCCCCCCCCCCCCCCCC(CCCCCC)C(=O)O. The summed E-state index contributed by atoms with van der Waals surface area (Å²) in [7, 11) is 0.